The van der Waals surface area contributed by atoms with Crippen LogP contribution in [0.15, 0.2) is 95.5 Å². The maximum Gasteiger partial charge on any atom is 0.191 e. The summed E-state index contributed by atoms with van der Waals surface area (Å²) in [5, 5.41) is 4.69. The standard InChI is InChI=1S/C27H27NOS/c1-27(2,3)21-16-14-19(15-17-21)24-18-23(25(29)20-10-6-4-7-11-20)26(30-24)28-22-12-8-5-9-13-22/h4-17,24,28H,18H2,1-3H3. The highest BCUT2D eigenvalue weighted by atomic mass is 32.2. The molecule has 0 amide bonds. The molecule has 1 N–H and O–H groups in total. The number of rotatable bonds is 5. The number of ketones is 1. The van der Waals surface area contributed by atoms with E-state index in [2.05, 4.69) is 50.4 Å². The minimum atomic E-state index is 0.107. The van der Waals surface area contributed by atoms with Crippen LogP contribution in [0.3, 0.4) is 0 Å². The molecule has 0 fully saturated rings. The third-order valence-electron chi connectivity index (χ3n) is 5.41. The summed E-state index contributed by atoms with van der Waals surface area (Å²) in [5.74, 6) is 0.107. The molecule has 2 nitrogen and oxygen atoms in total. The average molecular weight is 414 g/mol. The number of carbonyl (C=O) groups excluding carboxylic acids is 1. The molecule has 0 saturated heterocycles. The van der Waals surface area contributed by atoms with E-state index >= 15 is 0 Å². The Bertz CT molecular complexity index is 1050. The second-order valence-corrected chi connectivity index (χ2v) is 9.89. The summed E-state index contributed by atoms with van der Waals surface area (Å²) < 4.78 is 0. The Morgan fingerprint density at radius 1 is 0.867 bits per heavy atom. The van der Waals surface area contributed by atoms with Crippen molar-refractivity contribution in [2.45, 2.75) is 37.9 Å². The normalized spacial score (nSPS) is 16.6. The lowest BCUT2D eigenvalue weighted by molar-refractivity contribution is 0.103. The van der Waals surface area contributed by atoms with E-state index in [4.69, 9.17) is 0 Å². The van der Waals surface area contributed by atoms with E-state index in [-0.39, 0.29) is 16.4 Å². The predicted molar refractivity (Wildman–Crippen MR) is 128 cm³/mol. The third-order valence-corrected chi connectivity index (χ3v) is 6.72. The molecule has 3 heteroatoms. The fourth-order valence-corrected chi connectivity index (χ4v) is 4.96. The van der Waals surface area contributed by atoms with Gasteiger partial charge in [0.15, 0.2) is 5.78 Å². The van der Waals surface area contributed by atoms with Gasteiger partial charge in [-0.25, -0.2) is 0 Å². The summed E-state index contributed by atoms with van der Waals surface area (Å²) in [5.41, 5.74) is 5.32. The van der Waals surface area contributed by atoms with Gasteiger partial charge >= 0.3 is 0 Å². The van der Waals surface area contributed by atoms with Crippen LogP contribution in [0.1, 0.15) is 53.9 Å². The zero-order chi connectivity index (χ0) is 21.1. The van der Waals surface area contributed by atoms with Gasteiger partial charge in [-0.2, -0.15) is 0 Å². The Morgan fingerprint density at radius 3 is 2.07 bits per heavy atom. The monoisotopic (exact) mass is 413 g/mol. The first-order chi connectivity index (χ1) is 14.4. The molecule has 1 aliphatic heterocycles. The van der Waals surface area contributed by atoms with Crippen molar-refractivity contribution in [2.24, 2.45) is 0 Å². The van der Waals surface area contributed by atoms with Crippen LogP contribution in [0, 0.1) is 0 Å². The smallest absolute Gasteiger partial charge is 0.191 e. The van der Waals surface area contributed by atoms with Crippen molar-refractivity contribution in [1.82, 2.24) is 0 Å². The minimum Gasteiger partial charge on any atom is -0.350 e. The molecule has 30 heavy (non-hydrogen) atoms. The second-order valence-electron chi connectivity index (χ2n) is 8.68. The van der Waals surface area contributed by atoms with E-state index in [1.807, 2.05) is 60.7 Å². The van der Waals surface area contributed by atoms with Crippen LogP contribution in [-0.2, 0) is 5.41 Å². The lowest BCUT2D eigenvalue weighted by Crippen LogP contribution is -2.10. The first-order valence-electron chi connectivity index (χ1n) is 10.3. The zero-order valence-electron chi connectivity index (χ0n) is 17.7. The highest BCUT2D eigenvalue weighted by molar-refractivity contribution is 8.03. The van der Waals surface area contributed by atoms with E-state index in [0.29, 0.717) is 0 Å². The molecule has 1 aliphatic rings. The summed E-state index contributed by atoms with van der Waals surface area (Å²) in [6.07, 6.45) is 0.725. The van der Waals surface area contributed by atoms with Gasteiger partial charge in [-0.05, 0) is 35.1 Å². The largest absolute Gasteiger partial charge is 0.350 e. The van der Waals surface area contributed by atoms with E-state index in [1.165, 1.54) is 11.1 Å². The molecule has 3 aromatic rings. The first-order valence-corrected chi connectivity index (χ1v) is 11.2. The van der Waals surface area contributed by atoms with E-state index in [9.17, 15) is 4.79 Å². The number of hydrogen-bond donors (Lipinski definition) is 1. The molecule has 1 heterocycles. The molecular weight excluding hydrogens is 386 g/mol. The molecule has 3 aromatic carbocycles. The molecule has 0 aromatic heterocycles. The second kappa shape index (κ2) is 8.53. The Labute approximate surface area is 183 Å². The Morgan fingerprint density at radius 2 is 1.47 bits per heavy atom. The summed E-state index contributed by atoms with van der Waals surface area (Å²) in [6, 6.07) is 28.5. The fourth-order valence-electron chi connectivity index (χ4n) is 3.63. The van der Waals surface area contributed by atoms with Gasteiger partial charge in [0.25, 0.3) is 0 Å². The van der Waals surface area contributed by atoms with E-state index in [0.717, 1.165) is 28.3 Å². The number of allylic oxidation sites excluding steroid dienone is 1. The predicted octanol–water partition coefficient (Wildman–Crippen LogP) is 7.37. The number of nitrogens with one attached hydrogen (secondary N) is 1. The Balaban J connectivity index is 1.63. The summed E-state index contributed by atoms with van der Waals surface area (Å²) in [6.45, 7) is 6.69. The van der Waals surface area contributed by atoms with Gasteiger partial charge in [0.05, 0.1) is 5.03 Å². The Kier molecular flexibility index (Phi) is 5.83. The van der Waals surface area contributed by atoms with Gasteiger partial charge < -0.3 is 5.32 Å². The van der Waals surface area contributed by atoms with Gasteiger partial charge in [0.1, 0.15) is 0 Å². The van der Waals surface area contributed by atoms with Crippen molar-refractivity contribution in [3.05, 3.63) is 112 Å². The highest BCUT2D eigenvalue weighted by Crippen LogP contribution is 2.48. The maximum atomic E-state index is 13.3. The fraction of sp³-hybridized carbons (Fsp3) is 0.222. The van der Waals surface area contributed by atoms with Gasteiger partial charge in [0, 0.05) is 22.1 Å². The topological polar surface area (TPSA) is 29.1 Å². The summed E-state index contributed by atoms with van der Waals surface area (Å²) in [7, 11) is 0. The third kappa shape index (κ3) is 4.52. The van der Waals surface area contributed by atoms with Gasteiger partial charge in [-0.15, -0.1) is 0 Å². The van der Waals surface area contributed by atoms with Crippen molar-refractivity contribution in [1.29, 1.82) is 0 Å². The van der Waals surface area contributed by atoms with Crippen LogP contribution in [-0.4, -0.2) is 5.78 Å². The number of benzene rings is 3. The van der Waals surface area contributed by atoms with Crippen molar-refractivity contribution in [3.8, 4) is 0 Å². The van der Waals surface area contributed by atoms with Crippen LogP contribution in [0.2, 0.25) is 0 Å². The van der Waals surface area contributed by atoms with Crippen molar-refractivity contribution >= 4 is 23.2 Å². The lowest BCUT2D eigenvalue weighted by Gasteiger charge is -2.20. The number of thioether (sulfide) groups is 1. The van der Waals surface area contributed by atoms with Crippen LogP contribution in [0.4, 0.5) is 5.69 Å². The molecule has 0 aliphatic carbocycles. The molecular formula is C27H27NOS. The van der Waals surface area contributed by atoms with Crippen LogP contribution in [0.5, 0.6) is 0 Å². The zero-order valence-corrected chi connectivity index (χ0v) is 18.5. The maximum absolute atomic E-state index is 13.3. The van der Waals surface area contributed by atoms with Crippen molar-refractivity contribution in [2.75, 3.05) is 5.32 Å². The summed E-state index contributed by atoms with van der Waals surface area (Å²) in [4.78, 5) is 13.3. The summed E-state index contributed by atoms with van der Waals surface area (Å²) >= 11 is 1.75. The van der Waals surface area contributed by atoms with E-state index < -0.39 is 0 Å². The van der Waals surface area contributed by atoms with Crippen LogP contribution >= 0.6 is 11.8 Å². The molecule has 4 rings (SSSR count). The molecule has 1 atom stereocenters. The molecule has 1 unspecified atom stereocenters. The van der Waals surface area contributed by atoms with Crippen molar-refractivity contribution < 1.29 is 4.79 Å². The lowest BCUT2D eigenvalue weighted by atomic mass is 9.86. The number of carbonyl (C=O) groups is 1. The molecule has 0 spiro atoms. The Hall–Kier alpha value is -2.78. The minimum absolute atomic E-state index is 0.107. The van der Waals surface area contributed by atoms with Gasteiger partial charge in [-0.1, -0.05) is 105 Å². The van der Waals surface area contributed by atoms with Crippen LogP contribution in [0.25, 0.3) is 0 Å². The number of anilines is 1. The van der Waals surface area contributed by atoms with Crippen molar-refractivity contribution in [3.63, 3.8) is 0 Å². The number of Topliss-reactive ketones (excluding diaryl/α,β-unsaturated/α-hetero) is 1. The first kappa shape index (κ1) is 20.5. The quantitative estimate of drug-likeness (QED) is 0.443. The molecule has 0 radical (unpaired) electrons. The average Bonchev–Trinajstić information content (AvgIpc) is 3.18. The molecule has 152 valence electrons. The SMILES string of the molecule is CC(C)(C)c1ccc(C2CC(C(=O)c3ccccc3)=C(Nc3ccccc3)S2)cc1. The van der Waals surface area contributed by atoms with E-state index in [1.54, 1.807) is 11.8 Å². The highest BCUT2D eigenvalue weighted by Gasteiger charge is 2.31. The number of hydrogen-bond acceptors (Lipinski definition) is 3. The van der Waals surface area contributed by atoms with Crippen LogP contribution < -0.4 is 5.32 Å². The molecule has 0 bridgehead atoms. The number of para-hydroxylation sites is 1. The van der Waals surface area contributed by atoms with Gasteiger partial charge in [0.2, 0.25) is 0 Å². The molecule has 0 saturated carbocycles. The van der Waals surface area contributed by atoms with Gasteiger partial charge in [-0.3, -0.25) is 4.79 Å².